The summed E-state index contributed by atoms with van der Waals surface area (Å²) in [6.45, 7) is 9.03. The van der Waals surface area contributed by atoms with Gasteiger partial charge in [0.15, 0.2) is 6.29 Å². The van der Waals surface area contributed by atoms with E-state index in [4.69, 9.17) is 14.2 Å². The maximum absolute atomic E-state index is 5.72. The van der Waals surface area contributed by atoms with Crippen LogP contribution in [-0.2, 0) is 14.2 Å². The Morgan fingerprint density at radius 2 is 2.12 bits per heavy atom. The Morgan fingerprint density at radius 3 is 2.71 bits per heavy atom. The van der Waals surface area contributed by atoms with E-state index in [1.54, 1.807) is 14.2 Å². The van der Waals surface area contributed by atoms with Gasteiger partial charge in [-0.15, -0.1) is 0 Å². The minimum atomic E-state index is -0.208. The minimum absolute atomic E-state index is 0.158. The third-order valence-corrected chi connectivity index (χ3v) is 3.21. The topological polar surface area (TPSA) is 43.0 Å². The van der Waals surface area contributed by atoms with Crippen molar-refractivity contribution in [3.05, 3.63) is 0 Å². The Morgan fingerprint density at radius 1 is 1.41 bits per heavy atom. The lowest BCUT2D eigenvalue weighted by atomic mass is 10.2. The molecular formula is C12H26N2O3. The summed E-state index contributed by atoms with van der Waals surface area (Å²) in [4.78, 5) is 2.41. The van der Waals surface area contributed by atoms with Crippen molar-refractivity contribution < 1.29 is 14.2 Å². The number of methoxy groups -OCH3 is 2. The maximum Gasteiger partial charge on any atom is 0.171 e. The van der Waals surface area contributed by atoms with Crippen molar-refractivity contribution >= 4 is 0 Å². The van der Waals surface area contributed by atoms with Crippen LogP contribution in [0.2, 0.25) is 0 Å². The standard InChI is InChI=1S/C12H26N2O3/c1-5-14-6-7-17-11(9-14)8-13-10(2)12(15-3)16-4/h10-13H,5-9H2,1-4H3. The van der Waals surface area contributed by atoms with Gasteiger partial charge in [0.05, 0.1) is 18.8 Å². The van der Waals surface area contributed by atoms with Gasteiger partial charge in [-0.1, -0.05) is 6.92 Å². The highest BCUT2D eigenvalue weighted by atomic mass is 16.7. The van der Waals surface area contributed by atoms with Gasteiger partial charge >= 0.3 is 0 Å². The number of hydrogen-bond donors (Lipinski definition) is 1. The lowest BCUT2D eigenvalue weighted by molar-refractivity contribution is -0.121. The van der Waals surface area contributed by atoms with Crippen LogP contribution in [0.25, 0.3) is 0 Å². The molecule has 5 nitrogen and oxygen atoms in total. The first-order valence-electron chi connectivity index (χ1n) is 6.34. The molecule has 2 unspecified atom stereocenters. The highest BCUT2D eigenvalue weighted by molar-refractivity contribution is 4.75. The summed E-state index contributed by atoms with van der Waals surface area (Å²) in [5, 5.41) is 3.40. The number of ether oxygens (including phenoxy) is 3. The smallest absolute Gasteiger partial charge is 0.171 e. The van der Waals surface area contributed by atoms with E-state index in [0.717, 1.165) is 32.8 Å². The lowest BCUT2D eigenvalue weighted by Crippen LogP contribution is -2.49. The Labute approximate surface area is 104 Å². The normalized spacial score (nSPS) is 24.2. The molecule has 1 fully saturated rings. The summed E-state index contributed by atoms with van der Waals surface area (Å²) in [6, 6.07) is 0.158. The van der Waals surface area contributed by atoms with Gasteiger partial charge < -0.3 is 19.5 Å². The molecule has 0 aromatic rings. The summed E-state index contributed by atoms with van der Waals surface area (Å²) in [7, 11) is 3.31. The largest absolute Gasteiger partial charge is 0.374 e. The Balaban J connectivity index is 2.25. The molecule has 0 spiro atoms. The van der Waals surface area contributed by atoms with Crippen LogP contribution in [0.15, 0.2) is 0 Å². The number of nitrogens with zero attached hydrogens (tertiary/aromatic N) is 1. The first kappa shape index (κ1) is 14.9. The maximum atomic E-state index is 5.72. The fourth-order valence-corrected chi connectivity index (χ4v) is 2.11. The van der Waals surface area contributed by atoms with Gasteiger partial charge in [0.25, 0.3) is 0 Å². The molecule has 0 aromatic heterocycles. The molecule has 2 atom stereocenters. The molecule has 17 heavy (non-hydrogen) atoms. The van der Waals surface area contributed by atoms with Crippen molar-refractivity contribution in [2.45, 2.75) is 32.3 Å². The Bertz CT molecular complexity index is 200. The third-order valence-electron chi connectivity index (χ3n) is 3.21. The van der Waals surface area contributed by atoms with E-state index >= 15 is 0 Å². The zero-order chi connectivity index (χ0) is 12.7. The zero-order valence-corrected chi connectivity index (χ0v) is 11.4. The monoisotopic (exact) mass is 246 g/mol. The number of rotatable bonds is 7. The van der Waals surface area contributed by atoms with Crippen molar-refractivity contribution in [1.29, 1.82) is 0 Å². The average molecular weight is 246 g/mol. The number of likely N-dealkylation sites (N-methyl/N-ethyl adjacent to an activating group) is 1. The Kier molecular flexibility index (Phi) is 6.99. The highest BCUT2D eigenvalue weighted by Crippen LogP contribution is 2.05. The van der Waals surface area contributed by atoms with Crippen molar-refractivity contribution in [1.82, 2.24) is 10.2 Å². The van der Waals surface area contributed by atoms with E-state index in [2.05, 4.69) is 24.1 Å². The van der Waals surface area contributed by atoms with Crippen LogP contribution in [0.5, 0.6) is 0 Å². The van der Waals surface area contributed by atoms with Gasteiger partial charge in [-0.25, -0.2) is 0 Å². The molecule has 1 rings (SSSR count). The second-order valence-corrected chi connectivity index (χ2v) is 4.42. The second kappa shape index (κ2) is 8.00. The predicted octanol–water partition coefficient (Wildman–Crippen LogP) is 0.304. The van der Waals surface area contributed by atoms with Crippen molar-refractivity contribution in [2.24, 2.45) is 0 Å². The minimum Gasteiger partial charge on any atom is -0.374 e. The third kappa shape index (κ3) is 4.89. The van der Waals surface area contributed by atoms with E-state index in [1.165, 1.54) is 0 Å². The van der Waals surface area contributed by atoms with E-state index < -0.39 is 0 Å². The summed E-state index contributed by atoms with van der Waals surface area (Å²) < 4.78 is 16.1. The molecule has 0 radical (unpaired) electrons. The number of nitrogens with one attached hydrogen (secondary N) is 1. The molecule has 0 amide bonds. The molecule has 0 aliphatic carbocycles. The molecule has 1 aliphatic rings. The van der Waals surface area contributed by atoms with Gasteiger partial charge in [-0.2, -0.15) is 0 Å². The molecule has 1 heterocycles. The average Bonchev–Trinajstić information content (AvgIpc) is 2.38. The summed E-state index contributed by atoms with van der Waals surface area (Å²) in [5.41, 5.74) is 0. The molecule has 5 heteroatoms. The second-order valence-electron chi connectivity index (χ2n) is 4.42. The van der Waals surface area contributed by atoms with Crippen molar-refractivity contribution in [3.63, 3.8) is 0 Å². The van der Waals surface area contributed by atoms with E-state index in [1.807, 2.05) is 0 Å². The van der Waals surface area contributed by atoms with Crippen LogP contribution in [0.3, 0.4) is 0 Å². The lowest BCUT2D eigenvalue weighted by Gasteiger charge is -2.33. The van der Waals surface area contributed by atoms with Gasteiger partial charge in [0.2, 0.25) is 0 Å². The first-order chi connectivity index (χ1) is 8.21. The van der Waals surface area contributed by atoms with Crippen LogP contribution < -0.4 is 5.32 Å². The van der Waals surface area contributed by atoms with E-state index in [9.17, 15) is 0 Å². The van der Waals surface area contributed by atoms with Crippen LogP contribution >= 0.6 is 0 Å². The van der Waals surface area contributed by atoms with Crippen LogP contribution in [0.1, 0.15) is 13.8 Å². The summed E-state index contributed by atoms with van der Waals surface area (Å²) in [5.74, 6) is 0. The quantitative estimate of drug-likeness (QED) is 0.655. The molecule has 0 aromatic carbocycles. The number of hydrogen-bond acceptors (Lipinski definition) is 5. The molecule has 1 aliphatic heterocycles. The SMILES string of the molecule is CCN1CCOC(CNC(C)C(OC)OC)C1. The first-order valence-corrected chi connectivity index (χ1v) is 6.34. The summed E-state index contributed by atoms with van der Waals surface area (Å²) >= 11 is 0. The predicted molar refractivity (Wildman–Crippen MR) is 67.1 cm³/mol. The van der Waals surface area contributed by atoms with Crippen molar-refractivity contribution in [3.8, 4) is 0 Å². The van der Waals surface area contributed by atoms with Gasteiger partial charge in [0.1, 0.15) is 0 Å². The van der Waals surface area contributed by atoms with Crippen LogP contribution in [0, 0.1) is 0 Å². The zero-order valence-electron chi connectivity index (χ0n) is 11.4. The summed E-state index contributed by atoms with van der Waals surface area (Å²) in [6.07, 6.45) is 0.0568. The van der Waals surface area contributed by atoms with Gasteiger partial charge in [-0.3, -0.25) is 4.90 Å². The van der Waals surface area contributed by atoms with Crippen molar-refractivity contribution in [2.75, 3.05) is 47.0 Å². The van der Waals surface area contributed by atoms with Crippen LogP contribution in [-0.4, -0.2) is 70.3 Å². The molecule has 0 saturated carbocycles. The van der Waals surface area contributed by atoms with Gasteiger partial charge in [0, 0.05) is 33.9 Å². The van der Waals surface area contributed by atoms with E-state index in [0.29, 0.717) is 0 Å². The fourth-order valence-electron chi connectivity index (χ4n) is 2.11. The fraction of sp³-hybridized carbons (Fsp3) is 1.00. The molecular weight excluding hydrogens is 220 g/mol. The molecule has 102 valence electrons. The van der Waals surface area contributed by atoms with Gasteiger partial charge in [-0.05, 0) is 13.5 Å². The van der Waals surface area contributed by atoms with E-state index in [-0.39, 0.29) is 18.4 Å². The molecule has 0 bridgehead atoms. The molecule has 1 N–H and O–H groups in total. The Hall–Kier alpha value is -0.200. The van der Waals surface area contributed by atoms with Crippen LogP contribution in [0.4, 0.5) is 0 Å². The molecule has 1 saturated heterocycles. The number of morpholine rings is 1. The highest BCUT2D eigenvalue weighted by Gasteiger charge is 2.21.